The fourth-order valence-corrected chi connectivity index (χ4v) is 6.45. The molecule has 0 aliphatic carbocycles. The van der Waals surface area contributed by atoms with Crippen LogP contribution in [-0.4, -0.2) is 38.0 Å². The molecule has 1 aromatic heterocycles. The van der Waals surface area contributed by atoms with E-state index < -0.39 is 12.0 Å². The standard InChI is InChI=1S/C36H35ClN2O7S/c1-6-11-24-16-22(17-30(42-4)33(24)46-21-25-12-9-10-13-27(25)37)18-31-34(40)39-32(26(35(41)43-5)20-38-36(39)47-31)23-14-15-28(44-7-2)29(19-23)45-8-3/h6,9-10,12-20,32H,1,7-8,11,21H2,2-5H3/b31-18-/t32-/m0/s1. The highest BCUT2D eigenvalue weighted by Crippen LogP contribution is 2.36. The van der Waals surface area contributed by atoms with Crippen molar-refractivity contribution in [3.63, 3.8) is 0 Å². The molecule has 5 rings (SSSR count). The van der Waals surface area contributed by atoms with Crippen LogP contribution in [0.3, 0.4) is 0 Å². The second kappa shape index (κ2) is 15.2. The molecule has 0 radical (unpaired) electrons. The molecule has 11 heteroatoms. The number of nitrogens with zero attached hydrogens (tertiary/aromatic N) is 2. The Morgan fingerprint density at radius 1 is 1.00 bits per heavy atom. The lowest BCUT2D eigenvalue weighted by atomic mass is 9.97. The summed E-state index contributed by atoms with van der Waals surface area (Å²) in [4.78, 5) is 32.0. The minimum absolute atomic E-state index is 0.216. The van der Waals surface area contributed by atoms with Crippen LogP contribution in [-0.2, 0) is 22.6 Å². The molecule has 9 nitrogen and oxygen atoms in total. The van der Waals surface area contributed by atoms with Crippen molar-refractivity contribution >= 4 is 35.0 Å². The van der Waals surface area contributed by atoms with Crippen molar-refractivity contribution in [1.82, 2.24) is 4.57 Å². The van der Waals surface area contributed by atoms with Crippen molar-refractivity contribution in [2.45, 2.75) is 32.9 Å². The molecule has 4 aromatic rings. The molecule has 0 bridgehead atoms. The van der Waals surface area contributed by atoms with Gasteiger partial charge in [-0.2, -0.15) is 0 Å². The molecule has 47 heavy (non-hydrogen) atoms. The lowest BCUT2D eigenvalue weighted by Gasteiger charge is -2.23. The first-order valence-corrected chi connectivity index (χ1v) is 16.2. The van der Waals surface area contributed by atoms with Gasteiger partial charge in [-0.25, -0.2) is 9.79 Å². The van der Waals surface area contributed by atoms with Crippen molar-refractivity contribution in [3.05, 3.63) is 126 Å². The van der Waals surface area contributed by atoms with Crippen molar-refractivity contribution in [2.75, 3.05) is 27.4 Å². The minimum Gasteiger partial charge on any atom is -0.493 e. The fourth-order valence-electron chi connectivity index (χ4n) is 5.29. The number of benzene rings is 3. The number of ether oxygens (including phenoxy) is 5. The van der Waals surface area contributed by atoms with Gasteiger partial charge in [-0.1, -0.05) is 53.3 Å². The number of methoxy groups -OCH3 is 2. The third-order valence-electron chi connectivity index (χ3n) is 7.37. The van der Waals surface area contributed by atoms with E-state index in [9.17, 15) is 9.59 Å². The van der Waals surface area contributed by atoms with Crippen molar-refractivity contribution in [1.29, 1.82) is 0 Å². The minimum atomic E-state index is -0.804. The molecule has 1 atom stereocenters. The second-order valence-electron chi connectivity index (χ2n) is 10.3. The second-order valence-corrected chi connectivity index (χ2v) is 11.7. The molecule has 1 aliphatic heterocycles. The summed E-state index contributed by atoms with van der Waals surface area (Å²) in [5, 5.41) is 0.608. The van der Waals surface area contributed by atoms with E-state index in [-0.39, 0.29) is 17.7 Å². The van der Waals surface area contributed by atoms with Crippen LogP contribution < -0.4 is 33.8 Å². The summed E-state index contributed by atoms with van der Waals surface area (Å²) in [7, 11) is 2.86. The molecule has 0 spiro atoms. The van der Waals surface area contributed by atoms with Crippen LogP contribution in [0.4, 0.5) is 0 Å². The lowest BCUT2D eigenvalue weighted by molar-refractivity contribution is -0.136. The number of fused-ring (bicyclic) bond motifs is 1. The molecule has 0 saturated heterocycles. The SMILES string of the molecule is C=CCc1cc(/C=c2\sc3n(c2=O)[C@@H](c2ccc(OCC)c(OCC)c2)C(C(=O)OC)=CN=3)cc(OC)c1OCc1ccccc1Cl. The maximum Gasteiger partial charge on any atom is 0.337 e. The third-order valence-corrected chi connectivity index (χ3v) is 8.74. The molecular weight excluding hydrogens is 640 g/mol. The van der Waals surface area contributed by atoms with Gasteiger partial charge in [-0.05, 0) is 67.8 Å². The summed E-state index contributed by atoms with van der Waals surface area (Å²) >= 11 is 7.57. The molecule has 0 fully saturated rings. The highest BCUT2D eigenvalue weighted by atomic mass is 35.5. The molecule has 1 aliphatic rings. The van der Waals surface area contributed by atoms with E-state index in [1.54, 1.807) is 31.4 Å². The highest BCUT2D eigenvalue weighted by molar-refractivity contribution is 7.07. The van der Waals surface area contributed by atoms with Crippen LogP contribution >= 0.6 is 22.9 Å². The molecule has 2 heterocycles. The predicted octanol–water partition coefficient (Wildman–Crippen LogP) is 5.79. The van der Waals surface area contributed by atoms with E-state index in [0.717, 1.165) is 16.7 Å². The highest BCUT2D eigenvalue weighted by Gasteiger charge is 2.31. The van der Waals surface area contributed by atoms with Crippen LogP contribution in [0.1, 0.15) is 42.1 Å². The number of carbonyl (C=O) groups excluding carboxylic acids is 1. The quantitative estimate of drug-likeness (QED) is 0.131. The van der Waals surface area contributed by atoms with E-state index in [1.807, 2.05) is 56.3 Å². The van der Waals surface area contributed by atoms with Crippen LogP contribution in [0.15, 0.2) is 88.8 Å². The van der Waals surface area contributed by atoms with E-state index >= 15 is 0 Å². The molecule has 244 valence electrons. The number of halogens is 1. The van der Waals surface area contributed by atoms with E-state index in [1.165, 1.54) is 29.2 Å². The van der Waals surface area contributed by atoms with Gasteiger partial charge in [0.25, 0.3) is 5.56 Å². The van der Waals surface area contributed by atoms with Crippen molar-refractivity contribution < 1.29 is 28.5 Å². The number of hydrogen-bond donors (Lipinski definition) is 0. The van der Waals surface area contributed by atoms with Gasteiger partial charge in [0.1, 0.15) is 6.61 Å². The zero-order chi connectivity index (χ0) is 33.5. The van der Waals surface area contributed by atoms with E-state index in [4.69, 9.17) is 35.3 Å². The molecule has 3 aromatic carbocycles. The van der Waals surface area contributed by atoms with Gasteiger partial charge < -0.3 is 23.7 Å². The molecule has 0 saturated carbocycles. The van der Waals surface area contributed by atoms with Gasteiger partial charge in [-0.15, -0.1) is 6.58 Å². The Bertz CT molecular complexity index is 2010. The van der Waals surface area contributed by atoms with Gasteiger partial charge in [0.2, 0.25) is 0 Å². The molecule has 0 amide bonds. The number of esters is 1. The maximum atomic E-state index is 14.1. The van der Waals surface area contributed by atoms with Crippen LogP contribution in [0.5, 0.6) is 23.0 Å². The Morgan fingerprint density at radius 3 is 2.47 bits per heavy atom. The van der Waals surface area contributed by atoms with Gasteiger partial charge >= 0.3 is 5.97 Å². The number of thiazole rings is 1. The average Bonchev–Trinajstić information content (AvgIpc) is 3.39. The number of hydrogen-bond acceptors (Lipinski definition) is 9. The maximum absolute atomic E-state index is 14.1. The normalized spacial score (nSPS) is 14.0. The third kappa shape index (κ3) is 7.13. The van der Waals surface area contributed by atoms with Gasteiger partial charge in [-0.3, -0.25) is 9.36 Å². The van der Waals surface area contributed by atoms with Crippen LogP contribution in [0.2, 0.25) is 5.02 Å². The number of aromatic nitrogens is 1. The Labute approximate surface area is 281 Å². The summed E-state index contributed by atoms with van der Waals surface area (Å²) in [5.74, 6) is 1.55. The van der Waals surface area contributed by atoms with Crippen LogP contribution in [0.25, 0.3) is 6.08 Å². The van der Waals surface area contributed by atoms with Crippen molar-refractivity contribution in [2.24, 2.45) is 4.99 Å². The van der Waals surface area contributed by atoms with Gasteiger partial charge in [0, 0.05) is 22.3 Å². The van der Waals surface area contributed by atoms with Crippen molar-refractivity contribution in [3.8, 4) is 23.0 Å². The Balaban J connectivity index is 1.60. The topological polar surface area (TPSA) is 97.6 Å². The van der Waals surface area contributed by atoms with E-state index in [2.05, 4.69) is 11.6 Å². The predicted molar refractivity (Wildman–Crippen MR) is 183 cm³/mol. The zero-order valence-electron chi connectivity index (χ0n) is 26.6. The summed E-state index contributed by atoms with van der Waals surface area (Å²) in [6.45, 7) is 8.77. The Hall–Kier alpha value is -4.80. The van der Waals surface area contributed by atoms with Crippen LogP contribution in [0, 0.1) is 0 Å². The molecular formula is C36H35ClN2O7S. The fraction of sp³-hybridized carbons (Fsp3) is 0.250. The summed E-state index contributed by atoms with van der Waals surface area (Å²) < 4.78 is 30.5. The summed E-state index contributed by atoms with van der Waals surface area (Å²) in [6, 6.07) is 15.8. The first kappa shape index (κ1) is 33.6. The lowest BCUT2D eigenvalue weighted by Crippen LogP contribution is -2.39. The first-order valence-electron chi connectivity index (χ1n) is 15.0. The van der Waals surface area contributed by atoms with Gasteiger partial charge in [0.05, 0.1) is 43.6 Å². The number of carbonyl (C=O) groups is 1. The van der Waals surface area contributed by atoms with E-state index in [0.29, 0.717) is 62.6 Å². The zero-order valence-corrected chi connectivity index (χ0v) is 28.2. The average molecular weight is 675 g/mol. The Morgan fingerprint density at radius 2 is 1.77 bits per heavy atom. The first-order chi connectivity index (χ1) is 22.8. The largest absolute Gasteiger partial charge is 0.493 e. The smallest absolute Gasteiger partial charge is 0.337 e. The monoisotopic (exact) mass is 674 g/mol. The number of allylic oxidation sites excluding steroid dienone is 1. The number of rotatable bonds is 13. The van der Waals surface area contributed by atoms with Gasteiger partial charge in [0.15, 0.2) is 27.8 Å². The summed E-state index contributed by atoms with van der Waals surface area (Å²) in [6.07, 6.45) is 5.51. The Kier molecular flexibility index (Phi) is 10.8. The molecule has 0 N–H and O–H groups in total. The molecule has 0 unspecified atom stereocenters. The summed E-state index contributed by atoms with van der Waals surface area (Å²) in [5.41, 5.74) is 2.93.